The van der Waals surface area contributed by atoms with E-state index >= 15 is 0 Å². The average molecular weight is 292 g/mol. The van der Waals surface area contributed by atoms with Gasteiger partial charge in [0.2, 0.25) is 0 Å². The van der Waals surface area contributed by atoms with Crippen LogP contribution in [-0.2, 0) is 4.79 Å². The number of nitrogens with one attached hydrogen (secondary N) is 2. The maximum atomic E-state index is 11.6. The van der Waals surface area contributed by atoms with E-state index in [1.807, 2.05) is 37.3 Å². The molecule has 22 heavy (non-hydrogen) atoms. The van der Waals surface area contributed by atoms with Gasteiger partial charge in [-0.1, -0.05) is 29.8 Å². The fourth-order valence-corrected chi connectivity index (χ4v) is 1.72. The maximum Gasteiger partial charge on any atom is 0.259 e. The lowest BCUT2D eigenvalue weighted by Crippen LogP contribution is -2.25. The SMILES string of the molecule is Cc1ccc(NCC(=O)N/N=C\c2ccc(C#N)cc2)cc1. The predicted octanol–water partition coefficient (Wildman–Crippen LogP) is 2.43. The van der Waals surface area contributed by atoms with Gasteiger partial charge in [0.15, 0.2) is 0 Å². The Morgan fingerprint density at radius 3 is 2.50 bits per heavy atom. The quantitative estimate of drug-likeness (QED) is 0.656. The first kappa shape index (κ1) is 15.3. The molecule has 0 fully saturated rings. The van der Waals surface area contributed by atoms with Gasteiger partial charge in [0.05, 0.1) is 24.4 Å². The third-order valence-electron chi connectivity index (χ3n) is 2.95. The number of rotatable bonds is 5. The molecule has 110 valence electrons. The molecule has 0 aliphatic carbocycles. The van der Waals surface area contributed by atoms with Crippen molar-refractivity contribution in [3.63, 3.8) is 0 Å². The van der Waals surface area contributed by atoms with Crippen LogP contribution in [0.3, 0.4) is 0 Å². The molecule has 0 heterocycles. The van der Waals surface area contributed by atoms with Gasteiger partial charge >= 0.3 is 0 Å². The molecule has 5 nitrogen and oxygen atoms in total. The Morgan fingerprint density at radius 2 is 1.86 bits per heavy atom. The second-order valence-electron chi connectivity index (χ2n) is 4.75. The molecule has 0 saturated heterocycles. The highest BCUT2D eigenvalue weighted by atomic mass is 16.2. The van der Waals surface area contributed by atoms with Crippen LogP contribution in [0.15, 0.2) is 53.6 Å². The Bertz CT molecular complexity index is 697. The standard InChI is InChI=1S/C17H16N4O/c1-13-2-8-16(9-3-13)19-12-17(22)21-20-11-15-6-4-14(10-18)5-7-15/h2-9,11,19H,12H2,1H3,(H,21,22)/b20-11-. The topological polar surface area (TPSA) is 77.3 Å². The van der Waals surface area contributed by atoms with Crippen molar-refractivity contribution in [1.82, 2.24) is 5.43 Å². The lowest BCUT2D eigenvalue weighted by atomic mass is 10.2. The molecule has 0 aliphatic heterocycles. The van der Waals surface area contributed by atoms with Crippen molar-refractivity contribution in [2.75, 3.05) is 11.9 Å². The number of nitrogens with zero attached hydrogens (tertiary/aromatic N) is 2. The van der Waals surface area contributed by atoms with Crippen molar-refractivity contribution in [3.8, 4) is 6.07 Å². The summed E-state index contributed by atoms with van der Waals surface area (Å²) in [7, 11) is 0. The van der Waals surface area contributed by atoms with Crippen molar-refractivity contribution in [2.24, 2.45) is 5.10 Å². The molecule has 0 aliphatic rings. The molecule has 0 unspecified atom stereocenters. The van der Waals surface area contributed by atoms with Gasteiger partial charge in [0.1, 0.15) is 0 Å². The lowest BCUT2D eigenvalue weighted by Gasteiger charge is -2.05. The van der Waals surface area contributed by atoms with Gasteiger partial charge in [-0.15, -0.1) is 0 Å². The summed E-state index contributed by atoms with van der Waals surface area (Å²) < 4.78 is 0. The van der Waals surface area contributed by atoms with Crippen LogP contribution < -0.4 is 10.7 Å². The largest absolute Gasteiger partial charge is 0.376 e. The molecule has 2 aromatic carbocycles. The van der Waals surface area contributed by atoms with E-state index in [1.165, 1.54) is 11.8 Å². The molecule has 2 aromatic rings. The summed E-state index contributed by atoms with van der Waals surface area (Å²) in [5.41, 5.74) is 5.90. The van der Waals surface area contributed by atoms with E-state index < -0.39 is 0 Å². The van der Waals surface area contributed by atoms with Gasteiger partial charge in [-0.2, -0.15) is 10.4 Å². The molecule has 2 rings (SSSR count). The number of aryl methyl sites for hydroxylation is 1. The van der Waals surface area contributed by atoms with E-state index in [0.717, 1.165) is 11.3 Å². The zero-order valence-corrected chi connectivity index (χ0v) is 12.2. The van der Waals surface area contributed by atoms with Gasteiger partial charge in [-0.3, -0.25) is 4.79 Å². The number of hydrogen-bond acceptors (Lipinski definition) is 4. The molecule has 0 radical (unpaired) electrons. The van der Waals surface area contributed by atoms with Crippen LogP contribution in [0.5, 0.6) is 0 Å². The second kappa shape index (κ2) is 7.60. The Balaban J connectivity index is 1.78. The fourth-order valence-electron chi connectivity index (χ4n) is 1.72. The summed E-state index contributed by atoms with van der Waals surface area (Å²) in [5, 5.41) is 15.6. The second-order valence-corrected chi connectivity index (χ2v) is 4.75. The number of carbonyl (C=O) groups is 1. The van der Waals surface area contributed by atoms with Crippen LogP contribution in [0.25, 0.3) is 0 Å². The van der Waals surface area contributed by atoms with Crippen LogP contribution >= 0.6 is 0 Å². The highest BCUT2D eigenvalue weighted by Crippen LogP contribution is 2.07. The minimum Gasteiger partial charge on any atom is -0.376 e. The van der Waals surface area contributed by atoms with Gasteiger partial charge in [-0.05, 0) is 36.8 Å². The number of amides is 1. The monoisotopic (exact) mass is 292 g/mol. The van der Waals surface area contributed by atoms with Crippen molar-refractivity contribution in [2.45, 2.75) is 6.92 Å². The molecule has 0 aromatic heterocycles. The van der Waals surface area contributed by atoms with Crippen LogP contribution in [0.2, 0.25) is 0 Å². The summed E-state index contributed by atoms with van der Waals surface area (Å²) in [5.74, 6) is -0.231. The summed E-state index contributed by atoms with van der Waals surface area (Å²) in [6.45, 7) is 2.15. The predicted molar refractivity (Wildman–Crippen MR) is 86.6 cm³/mol. The molecule has 5 heteroatoms. The van der Waals surface area contributed by atoms with Gasteiger partial charge in [0.25, 0.3) is 5.91 Å². The zero-order valence-electron chi connectivity index (χ0n) is 12.2. The minimum absolute atomic E-state index is 0.147. The van der Waals surface area contributed by atoms with E-state index in [-0.39, 0.29) is 12.5 Å². The number of nitriles is 1. The Labute approximate surface area is 129 Å². The third-order valence-corrected chi connectivity index (χ3v) is 2.95. The van der Waals surface area contributed by atoms with E-state index in [0.29, 0.717) is 5.56 Å². The van der Waals surface area contributed by atoms with Crippen molar-refractivity contribution < 1.29 is 4.79 Å². The molecular weight excluding hydrogens is 276 g/mol. The molecule has 0 bridgehead atoms. The van der Waals surface area contributed by atoms with E-state index in [9.17, 15) is 4.79 Å². The number of hydrogen-bond donors (Lipinski definition) is 2. The smallest absolute Gasteiger partial charge is 0.259 e. The molecule has 2 N–H and O–H groups in total. The minimum atomic E-state index is -0.231. The summed E-state index contributed by atoms with van der Waals surface area (Å²) in [6, 6.07) is 16.7. The zero-order chi connectivity index (χ0) is 15.8. The van der Waals surface area contributed by atoms with Crippen LogP contribution in [0, 0.1) is 18.3 Å². The number of hydrazone groups is 1. The Morgan fingerprint density at radius 1 is 1.18 bits per heavy atom. The highest BCUT2D eigenvalue weighted by molar-refractivity contribution is 5.84. The van der Waals surface area contributed by atoms with Gasteiger partial charge in [0, 0.05) is 5.69 Å². The fraction of sp³-hybridized carbons (Fsp3) is 0.118. The first-order valence-electron chi connectivity index (χ1n) is 6.80. The van der Waals surface area contributed by atoms with Crippen molar-refractivity contribution in [1.29, 1.82) is 5.26 Å². The number of carbonyl (C=O) groups excluding carboxylic acids is 1. The maximum absolute atomic E-state index is 11.6. The Hall–Kier alpha value is -3.13. The lowest BCUT2D eigenvalue weighted by molar-refractivity contribution is -0.119. The van der Waals surface area contributed by atoms with Gasteiger partial charge < -0.3 is 5.32 Å². The summed E-state index contributed by atoms with van der Waals surface area (Å²) >= 11 is 0. The van der Waals surface area contributed by atoms with Crippen molar-refractivity contribution >= 4 is 17.8 Å². The van der Waals surface area contributed by atoms with E-state index in [2.05, 4.69) is 15.8 Å². The molecule has 0 saturated carbocycles. The van der Waals surface area contributed by atoms with Crippen molar-refractivity contribution in [3.05, 3.63) is 65.2 Å². The molecular formula is C17H16N4O. The van der Waals surface area contributed by atoms with Gasteiger partial charge in [-0.25, -0.2) is 5.43 Å². The molecule has 1 amide bonds. The summed E-state index contributed by atoms with van der Waals surface area (Å²) in [4.78, 5) is 11.6. The Kier molecular flexibility index (Phi) is 5.27. The molecule has 0 spiro atoms. The van der Waals surface area contributed by atoms with Crippen LogP contribution in [0.4, 0.5) is 5.69 Å². The first-order chi connectivity index (χ1) is 10.7. The first-order valence-corrected chi connectivity index (χ1v) is 6.80. The number of anilines is 1. The third kappa shape index (κ3) is 4.76. The number of benzene rings is 2. The summed E-state index contributed by atoms with van der Waals surface area (Å²) in [6.07, 6.45) is 1.53. The van der Waals surface area contributed by atoms with Crippen LogP contribution in [0.1, 0.15) is 16.7 Å². The highest BCUT2D eigenvalue weighted by Gasteiger charge is 1.99. The average Bonchev–Trinajstić information content (AvgIpc) is 2.55. The normalized spacial score (nSPS) is 10.2. The molecule has 0 atom stereocenters. The van der Waals surface area contributed by atoms with E-state index in [1.54, 1.807) is 24.3 Å². The van der Waals surface area contributed by atoms with E-state index in [4.69, 9.17) is 5.26 Å². The van der Waals surface area contributed by atoms with Crippen LogP contribution in [-0.4, -0.2) is 18.7 Å².